The fourth-order valence-corrected chi connectivity index (χ4v) is 5.24. The lowest BCUT2D eigenvalue weighted by atomic mass is 9.91. The number of nitrogens with zero attached hydrogens (tertiary/aromatic N) is 4. The van der Waals surface area contributed by atoms with Crippen molar-refractivity contribution >= 4 is 0 Å². The van der Waals surface area contributed by atoms with Crippen molar-refractivity contribution in [1.82, 2.24) is 25.5 Å². The first-order valence-corrected chi connectivity index (χ1v) is 14.2. The lowest BCUT2D eigenvalue weighted by Crippen LogP contribution is -2.31. The molecule has 0 spiro atoms. The third-order valence-corrected chi connectivity index (χ3v) is 7.48. The highest BCUT2D eigenvalue weighted by Crippen LogP contribution is 2.28. The minimum atomic E-state index is 0.385. The van der Waals surface area contributed by atoms with Crippen LogP contribution in [0.1, 0.15) is 86.6 Å². The Morgan fingerprint density at radius 2 is 1.70 bits per heavy atom. The Kier molecular flexibility index (Phi) is 11.0. The Balaban J connectivity index is 1.18. The largest absolute Gasteiger partial charge is 0.380 e. The van der Waals surface area contributed by atoms with Crippen molar-refractivity contribution in [3.63, 3.8) is 0 Å². The van der Waals surface area contributed by atoms with Gasteiger partial charge in [-0.2, -0.15) is 5.10 Å². The number of rotatable bonds is 15. The van der Waals surface area contributed by atoms with Crippen LogP contribution in [0.3, 0.4) is 0 Å². The Bertz CT molecular complexity index is 1060. The maximum Gasteiger partial charge on any atom is 0.180 e. The van der Waals surface area contributed by atoms with Crippen LogP contribution in [-0.4, -0.2) is 46.0 Å². The number of aryl methyl sites for hydroxylation is 3. The summed E-state index contributed by atoms with van der Waals surface area (Å²) in [5.74, 6) is 1.14. The molecular weight excluding hydrogens is 458 g/mol. The molecule has 0 saturated carbocycles. The molecule has 3 aromatic rings. The Morgan fingerprint density at radius 1 is 0.919 bits per heavy atom. The zero-order chi connectivity index (χ0) is 25.7. The summed E-state index contributed by atoms with van der Waals surface area (Å²) in [6.07, 6.45) is 15.8. The zero-order valence-electron chi connectivity index (χ0n) is 22.7. The molecule has 6 heteroatoms. The average Bonchev–Trinajstić information content (AvgIpc) is 3.41. The van der Waals surface area contributed by atoms with E-state index in [2.05, 4.69) is 62.7 Å². The second-order valence-electron chi connectivity index (χ2n) is 10.3. The van der Waals surface area contributed by atoms with Crippen LogP contribution in [0.2, 0.25) is 0 Å². The van der Waals surface area contributed by atoms with Gasteiger partial charge in [0.25, 0.3) is 0 Å². The average molecular weight is 502 g/mol. The summed E-state index contributed by atoms with van der Waals surface area (Å²) in [5.41, 5.74) is 5.77. The molecular formula is C31H43N5O. The number of benzene rings is 1. The molecule has 198 valence electrons. The Morgan fingerprint density at radius 3 is 2.51 bits per heavy atom. The summed E-state index contributed by atoms with van der Waals surface area (Å²) >= 11 is 0. The predicted molar refractivity (Wildman–Crippen MR) is 150 cm³/mol. The SMILES string of the molecule is CCCCCCCCc1ccc([C@H]2CCN[C@@H]2COCCCc2cc(-c3ncccn3)nnc2C)cc1. The smallest absolute Gasteiger partial charge is 0.180 e. The fraction of sp³-hybridized carbons (Fsp3) is 0.548. The molecule has 1 aromatic carbocycles. The number of unbranched alkanes of at least 4 members (excludes halogenated alkanes) is 5. The quantitative estimate of drug-likeness (QED) is 0.249. The number of hydrogen-bond acceptors (Lipinski definition) is 6. The topological polar surface area (TPSA) is 72.8 Å². The van der Waals surface area contributed by atoms with Crippen LogP contribution in [0.5, 0.6) is 0 Å². The normalized spacial score (nSPS) is 17.4. The number of hydrogen-bond donors (Lipinski definition) is 1. The van der Waals surface area contributed by atoms with E-state index in [9.17, 15) is 0 Å². The van der Waals surface area contributed by atoms with Crippen molar-refractivity contribution in [2.24, 2.45) is 0 Å². The van der Waals surface area contributed by atoms with E-state index in [1.165, 1.54) is 68.1 Å². The summed E-state index contributed by atoms with van der Waals surface area (Å²) in [7, 11) is 0. The van der Waals surface area contributed by atoms with Crippen LogP contribution in [0.4, 0.5) is 0 Å². The van der Waals surface area contributed by atoms with Gasteiger partial charge >= 0.3 is 0 Å². The monoisotopic (exact) mass is 501 g/mol. The minimum Gasteiger partial charge on any atom is -0.380 e. The van der Waals surface area contributed by atoms with E-state index in [4.69, 9.17) is 4.74 Å². The Labute approximate surface area is 222 Å². The second kappa shape index (κ2) is 14.9. The van der Waals surface area contributed by atoms with E-state index in [0.29, 0.717) is 17.8 Å². The van der Waals surface area contributed by atoms with Crippen LogP contribution in [0.25, 0.3) is 11.5 Å². The van der Waals surface area contributed by atoms with E-state index in [1.807, 2.05) is 6.92 Å². The van der Waals surface area contributed by atoms with Crippen molar-refractivity contribution < 1.29 is 4.74 Å². The van der Waals surface area contributed by atoms with Crippen molar-refractivity contribution in [3.05, 3.63) is 71.2 Å². The third kappa shape index (κ3) is 8.41. The number of ether oxygens (including phenoxy) is 1. The van der Waals surface area contributed by atoms with Gasteiger partial charge in [0.1, 0.15) is 5.69 Å². The molecule has 2 atom stereocenters. The van der Waals surface area contributed by atoms with E-state index in [0.717, 1.165) is 44.0 Å². The molecule has 4 rings (SSSR count). The molecule has 1 aliphatic rings. The molecule has 1 saturated heterocycles. The number of nitrogens with one attached hydrogen (secondary N) is 1. The van der Waals surface area contributed by atoms with E-state index in [-0.39, 0.29) is 0 Å². The first kappa shape index (κ1) is 27.3. The van der Waals surface area contributed by atoms with Crippen molar-refractivity contribution in [3.8, 4) is 11.5 Å². The summed E-state index contributed by atoms with van der Waals surface area (Å²) < 4.78 is 6.14. The summed E-state index contributed by atoms with van der Waals surface area (Å²) in [4.78, 5) is 8.58. The van der Waals surface area contributed by atoms with E-state index in [1.54, 1.807) is 18.5 Å². The standard InChI is InChI=1S/C31H43N5O/c1-3-4-5-6-7-8-11-25-13-15-26(16-14-25)28-17-20-32-30(28)23-37-21-9-12-27-22-29(36-35-24(27)2)31-33-18-10-19-34-31/h10,13-16,18-19,22,28,30,32H,3-9,11-12,17,20-21,23H2,1-2H3/t28-,30-/m1/s1. The molecule has 6 nitrogen and oxygen atoms in total. The summed E-state index contributed by atoms with van der Waals surface area (Å²) in [6, 6.07) is 13.6. The van der Waals surface area contributed by atoms with Gasteiger partial charge in [-0.25, -0.2) is 9.97 Å². The van der Waals surface area contributed by atoms with Gasteiger partial charge in [-0.1, -0.05) is 63.3 Å². The molecule has 0 aliphatic carbocycles. The van der Waals surface area contributed by atoms with Crippen LogP contribution in [0, 0.1) is 6.92 Å². The first-order chi connectivity index (χ1) is 18.2. The third-order valence-electron chi connectivity index (χ3n) is 7.48. The lowest BCUT2D eigenvalue weighted by molar-refractivity contribution is 0.110. The molecule has 0 radical (unpaired) electrons. The molecule has 0 unspecified atom stereocenters. The summed E-state index contributed by atoms with van der Waals surface area (Å²) in [6.45, 7) is 6.83. The van der Waals surface area contributed by atoms with Gasteiger partial charge in [-0.05, 0) is 74.4 Å². The predicted octanol–water partition coefficient (Wildman–Crippen LogP) is 6.24. The van der Waals surface area contributed by atoms with E-state index < -0.39 is 0 Å². The van der Waals surface area contributed by atoms with Crippen LogP contribution >= 0.6 is 0 Å². The van der Waals surface area contributed by atoms with Crippen LogP contribution in [0.15, 0.2) is 48.8 Å². The van der Waals surface area contributed by atoms with Gasteiger partial charge in [-0.3, -0.25) is 0 Å². The molecule has 37 heavy (non-hydrogen) atoms. The molecule has 0 amide bonds. The maximum absolute atomic E-state index is 6.14. The van der Waals surface area contributed by atoms with Crippen LogP contribution < -0.4 is 5.32 Å². The molecule has 2 aromatic heterocycles. The van der Waals surface area contributed by atoms with Crippen molar-refractivity contribution in [1.29, 1.82) is 0 Å². The van der Waals surface area contributed by atoms with Gasteiger partial charge in [0, 0.05) is 31.0 Å². The van der Waals surface area contributed by atoms with Crippen molar-refractivity contribution in [2.75, 3.05) is 19.8 Å². The lowest BCUT2D eigenvalue weighted by Gasteiger charge is -2.20. The molecule has 1 N–H and O–H groups in total. The van der Waals surface area contributed by atoms with Gasteiger partial charge < -0.3 is 10.1 Å². The summed E-state index contributed by atoms with van der Waals surface area (Å²) in [5, 5.41) is 12.2. The Hall–Kier alpha value is -2.70. The highest BCUT2D eigenvalue weighted by Gasteiger charge is 2.28. The van der Waals surface area contributed by atoms with Gasteiger partial charge in [0.05, 0.1) is 12.3 Å². The van der Waals surface area contributed by atoms with Crippen molar-refractivity contribution in [2.45, 2.75) is 90.0 Å². The molecule has 1 aliphatic heterocycles. The highest BCUT2D eigenvalue weighted by molar-refractivity contribution is 5.49. The van der Waals surface area contributed by atoms with Crippen LogP contribution in [-0.2, 0) is 17.6 Å². The molecule has 1 fully saturated rings. The van der Waals surface area contributed by atoms with Gasteiger partial charge in [0.2, 0.25) is 0 Å². The highest BCUT2D eigenvalue weighted by atomic mass is 16.5. The maximum atomic E-state index is 6.14. The molecule has 0 bridgehead atoms. The van der Waals surface area contributed by atoms with Gasteiger partial charge in [0.15, 0.2) is 5.82 Å². The minimum absolute atomic E-state index is 0.385. The zero-order valence-corrected chi connectivity index (χ0v) is 22.7. The second-order valence-corrected chi connectivity index (χ2v) is 10.3. The molecule has 3 heterocycles. The fourth-order valence-electron chi connectivity index (χ4n) is 5.24. The number of aromatic nitrogens is 4. The van der Waals surface area contributed by atoms with Gasteiger partial charge in [-0.15, -0.1) is 5.10 Å². The first-order valence-electron chi connectivity index (χ1n) is 14.2. The van der Waals surface area contributed by atoms with E-state index >= 15 is 0 Å².